The van der Waals surface area contributed by atoms with Crippen LogP contribution in [0.4, 0.5) is 5.69 Å². The number of rotatable bonds is 2. The average Bonchev–Trinajstić information content (AvgIpc) is 2.79. The molecule has 102 valence electrons. The van der Waals surface area contributed by atoms with Gasteiger partial charge in [-0.05, 0) is 61.6 Å². The van der Waals surface area contributed by atoms with E-state index in [2.05, 4.69) is 67.0 Å². The van der Waals surface area contributed by atoms with Gasteiger partial charge in [0.2, 0.25) is 0 Å². The largest absolute Gasteiger partial charge is 0.338 e. The number of para-hydroxylation sites is 1. The molecule has 0 amide bonds. The fraction of sp³-hybridized carbons (Fsp3) is 0.316. The van der Waals surface area contributed by atoms with Crippen LogP contribution >= 0.6 is 0 Å². The first-order valence-corrected chi connectivity index (χ1v) is 7.50. The van der Waals surface area contributed by atoms with Crippen LogP contribution in [-0.2, 0) is 6.42 Å². The van der Waals surface area contributed by atoms with Crippen molar-refractivity contribution in [2.45, 2.75) is 39.2 Å². The molecule has 0 N–H and O–H groups in total. The number of fused-ring (bicyclic) bond motifs is 1. The van der Waals surface area contributed by atoms with Gasteiger partial charge in [0, 0.05) is 17.4 Å². The van der Waals surface area contributed by atoms with Gasteiger partial charge in [0.05, 0.1) is 0 Å². The summed E-state index contributed by atoms with van der Waals surface area (Å²) >= 11 is 0. The monoisotopic (exact) mass is 263 g/mol. The zero-order valence-corrected chi connectivity index (χ0v) is 12.3. The molecule has 0 spiro atoms. The van der Waals surface area contributed by atoms with E-state index in [0.717, 1.165) is 19.3 Å². The molecule has 2 aliphatic rings. The maximum Gasteiger partial charge on any atom is 0.0452 e. The zero-order valence-electron chi connectivity index (χ0n) is 12.3. The van der Waals surface area contributed by atoms with Crippen LogP contribution < -0.4 is 4.90 Å². The summed E-state index contributed by atoms with van der Waals surface area (Å²) in [6, 6.07) is 9.31. The summed E-state index contributed by atoms with van der Waals surface area (Å²) in [5.41, 5.74) is 8.81. The lowest BCUT2D eigenvalue weighted by molar-refractivity contribution is 0.669. The van der Waals surface area contributed by atoms with Crippen molar-refractivity contribution in [3.63, 3.8) is 0 Å². The Bertz CT molecular complexity index is 627. The number of allylic oxidation sites excluding steroid dienone is 4. The first-order valence-electron chi connectivity index (χ1n) is 7.50. The third kappa shape index (κ3) is 2.26. The quantitative estimate of drug-likeness (QED) is 0.694. The van der Waals surface area contributed by atoms with Gasteiger partial charge in [-0.3, -0.25) is 0 Å². The van der Waals surface area contributed by atoms with E-state index < -0.39 is 0 Å². The summed E-state index contributed by atoms with van der Waals surface area (Å²) in [7, 11) is 0. The van der Waals surface area contributed by atoms with Crippen molar-refractivity contribution in [2.24, 2.45) is 0 Å². The van der Waals surface area contributed by atoms with Crippen LogP contribution in [0.5, 0.6) is 0 Å². The van der Waals surface area contributed by atoms with Gasteiger partial charge in [-0.15, -0.1) is 5.73 Å². The Balaban J connectivity index is 2.17. The molecule has 1 aromatic rings. The molecule has 1 aliphatic carbocycles. The van der Waals surface area contributed by atoms with E-state index in [4.69, 9.17) is 0 Å². The van der Waals surface area contributed by atoms with Crippen molar-refractivity contribution in [3.05, 3.63) is 71.1 Å². The molecule has 3 rings (SSSR count). The Hall–Kier alpha value is -1.98. The lowest BCUT2D eigenvalue weighted by Gasteiger charge is -2.33. The van der Waals surface area contributed by atoms with Gasteiger partial charge in [-0.2, -0.15) is 0 Å². The van der Waals surface area contributed by atoms with Crippen molar-refractivity contribution in [2.75, 3.05) is 4.90 Å². The Morgan fingerprint density at radius 2 is 2.10 bits per heavy atom. The molecule has 1 nitrogen and oxygen atoms in total. The molecule has 1 aliphatic heterocycles. The fourth-order valence-electron chi connectivity index (χ4n) is 2.97. The standard InChI is InChI=1S/C19H21N/c1-3-15(2)20-18-11-6-4-5-9-16(18)13-14-17-10-7-8-12-19(17)20/h4,6-12,15H,3,13-14H2,1-2H3. The maximum absolute atomic E-state index is 3.26. The van der Waals surface area contributed by atoms with E-state index in [0.29, 0.717) is 6.04 Å². The molecular weight excluding hydrogens is 242 g/mol. The van der Waals surface area contributed by atoms with E-state index in [1.54, 1.807) is 0 Å². The zero-order chi connectivity index (χ0) is 13.9. The van der Waals surface area contributed by atoms with E-state index >= 15 is 0 Å². The van der Waals surface area contributed by atoms with Gasteiger partial charge < -0.3 is 4.90 Å². The van der Waals surface area contributed by atoms with Crippen molar-refractivity contribution < 1.29 is 0 Å². The average molecular weight is 263 g/mol. The molecule has 0 fully saturated rings. The van der Waals surface area contributed by atoms with Crippen LogP contribution in [0.3, 0.4) is 0 Å². The second-order valence-corrected chi connectivity index (χ2v) is 5.50. The lowest BCUT2D eigenvalue weighted by atomic mass is 10.0. The van der Waals surface area contributed by atoms with Crippen molar-refractivity contribution in [1.82, 2.24) is 0 Å². The Morgan fingerprint density at radius 3 is 2.95 bits per heavy atom. The normalized spacial score (nSPS) is 18.4. The van der Waals surface area contributed by atoms with Crippen LogP contribution in [0, 0.1) is 0 Å². The van der Waals surface area contributed by atoms with Gasteiger partial charge in [0.25, 0.3) is 0 Å². The van der Waals surface area contributed by atoms with Gasteiger partial charge in [0.1, 0.15) is 0 Å². The van der Waals surface area contributed by atoms with Gasteiger partial charge in [-0.25, -0.2) is 0 Å². The third-order valence-electron chi connectivity index (χ3n) is 4.24. The molecule has 0 radical (unpaired) electrons. The minimum absolute atomic E-state index is 0.496. The number of hydrogen-bond donors (Lipinski definition) is 0. The second-order valence-electron chi connectivity index (χ2n) is 5.50. The summed E-state index contributed by atoms with van der Waals surface area (Å²) in [6.07, 6.45) is 11.8. The topological polar surface area (TPSA) is 3.24 Å². The summed E-state index contributed by atoms with van der Waals surface area (Å²) in [4.78, 5) is 2.51. The molecule has 1 aromatic carbocycles. The Morgan fingerprint density at radius 1 is 1.25 bits per heavy atom. The highest BCUT2D eigenvalue weighted by Gasteiger charge is 2.23. The Kier molecular flexibility index (Phi) is 3.62. The molecular formula is C19H21N. The number of aryl methyl sites for hydroxylation is 1. The first kappa shape index (κ1) is 13.0. The molecule has 1 atom stereocenters. The lowest BCUT2D eigenvalue weighted by Crippen LogP contribution is -2.32. The van der Waals surface area contributed by atoms with Crippen LogP contribution in [0.15, 0.2) is 65.6 Å². The summed E-state index contributed by atoms with van der Waals surface area (Å²) in [5, 5.41) is 0. The van der Waals surface area contributed by atoms with E-state index in [9.17, 15) is 0 Å². The fourth-order valence-corrected chi connectivity index (χ4v) is 2.97. The number of benzene rings is 1. The highest BCUT2D eigenvalue weighted by Crippen LogP contribution is 2.35. The van der Waals surface area contributed by atoms with Crippen LogP contribution in [0.1, 0.15) is 32.3 Å². The van der Waals surface area contributed by atoms with Crippen molar-refractivity contribution >= 4 is 5.69 Å². The molecule has 0 saturated carbocycles. The van der Waals surface area contributed by atoms with E-state index in [1.807, 2.05) is 6.08 Å². The maximum atomic E-state index is 3.26. The molecule has 1 heteroatoms. The van der Waals surface area contributed by atoms with Crippen molar-refractivity contribution in [3.8, 4) is 0 Å². The van der Waals surface area contributed by atoms with Crippen LogP contribution in [0.2, 0.25) is 0 Å². The third-order valence-corrected chi connectivity index (χ3v) is 4.24. The van der Waals surface area contributed by atoms with E-state index in [-0.39, 0.29) is 0 Å². The predicted octanol–water partition coefficient (Wildman–Crippen LogP) is 4.77. The van der Waals surface area contributed by atoms with Crippen LogP contribution in [0.25, 0.3) is 0 Å². The number of anilines is 1. The molecule has 1 unspecified atom stereocenters. The van der Waals surface area contributed by atoms with Gasteiger partial charge >= 0.3 is 0 Å². The second kappa shape index (κ2) is 5.56. The van der Waals surface area contributed by atoms with Gasteiger partial charge in [0.15, 0.2) is 0 Å². The minimum Gasteiger partial charge on any atom is -0.338 e. The first-order chi connectivity index (χ1) is 9.81. The Labute approximate surface area is 121 Å². The highest BCUT2D eigenvalue weighted by molar-refractivity contribution is 5.64. The number of hydrogen-bond acceptors (Lipinski definition) is 1. The SMILES string of the molecule is CCC(C)N1C2=C(C=C=CC=C2)CCc2ccccc21. The molecule has 1 heterocycles. The van der Waals surface area contributed by atoms with E-state index in [1.165, 1.54) is 22.5 Å². The van der Waals surface area contributed by atoms with Crippen molar-refractivity contribution in [1.29, 1.82) is 0 Å². The summed E-state index contributed by atoms with van der Waals surface area (Å²) in [5.74, 6) is 0. The van der Waals surface area contributed by atoms with Crippen LogP contribution in [-0.4, -0.2) is 6.04 Å². The summed E-state index contributed by atoms with van der Waals surface area (Å²) < 4.78 is 0. The number of nitrogens with zero attached hydrogens (tertiary/aromatic N) is 1. The smallest absolute Gasteiger partial charge is 0.0452 e. The molecule has 20 heavy (non-hydrogen) atoms. The summed E-state index contributed by atoms with van der Waals surface area (Å²) in [6.45, 7) is 4.56. The van der Waals surface area contributed by atoms with Gasteiger partial charge in [-0.1, -0.05) is 31.2 Å². The minimum atomic E-state index is 0.496. The highest BCUT2D eigenvalue weighted by atomic mass is 15.2. The predicted molar refractivity (Wildman–Crippen MR) is 85.8 cm³/mol. The molecule has 0 saturated heterocycles. The molecule has 0 bridgehead atoms. The molecule has 0 aromatic heterocycles.